The van der Waals surface area contributed by atoms with Crippen molar-refractivity contribution in [2.75, 3.05) is 26.7 Å². The Morgan fingerprint density at radius 3 is 2.87 bits per heavy atom. The van der Waals surface area contributed by atoms with E-state index in [2.05, 4.69) is 35.2 Å². The van der Waals surface area contributed by atoms with Crippen molar-refractivity contribution in [2.24, 2.45) is 0 Å². The molecule has 0 bridgehead atoms. The monoisotopic (exact) mass is 207 g/mol. The molecule has 1 heterocycles. The average molecular weight is 207 g/mol. The van der Waals surface area contributed by atoms with Crippen LogP contribution in [0, 0.1) is 0 Å². The SMILES string of the molecule is CCCNCCN(C)Cc1ccccn1. The summed E-state index contributed by atoms with van der Waals surface area (Å²) in [4.78, 5) is 6.58. The van der Waals surface area contributed by atoms with E-state index >= 15 is 0 Å². The molecule has 0 aliphatic carbocycles. The smallest absolute Gasteiger partial charge is 0.0543 e. The first-order valence-corrected chi connectivity index (χ1v) is 5.62. The molecule has 3 nitrogen and oxygen atoms in total. The lowest BCUT2D eigenvalue weighted by atomic mass is 10.3. The lowest BCUT2D eigenvalue weighted by Crippen LogP contribution is -2.29. The van der Waals surface area contributed by atoms with Crippen LogP contribution in [0.3, 0.4) is 0 Å². The summed E-state index contributed by atoms with van der Waals surface area (Å²) < 4.78 is 0. The van der Waals surface area contributed by atoms with Crippen LogP contribution < -0.4 is 5.32 Å². The minimum absolute atomic E-state index is 0.925. The number of likely N-dealkylation sites (N-methyl/N-ethyl adjacent to an activating group) is 1. The fraction of sp³-hybridized carbons (Fsp3) is 0.583. The Balaban J connectivity index is 2.16. The first-order chi connectivity index (χ1) is 7.33. The minimum atomic E-state index is 0.925. The van der Waals surface area contributed by atoms with Crippen molar-refractivity contribution < 1.29 is 0 Å². The van der Waals surface area contributed by atoms with Gasteiger partial charge in [0.05, 0.1) is 5.69 Å². The molecule has 0 amide bonds. The maximum Gasteiger partial charge on any atom is 0.0543 e. The Kier molecular flexibility index (Phi) is 5.97. The van der Waals surface area contributed by atoms with E-state index in [1.54, 1.807) is 0 Å². The highest BCUT2D eigenvalue weighted by Crippen LogP contribution is 1.97. The Morgan fingerprint density at radius 1 is 1.33 bits per heavy atom. The number of aromatic nitrogens is 1. The number of nitrogens with one attached hydrogen (secondary N) is 1. The molecule has 84 valence electrons. The van der Waals surface area contributed by atoms with Crippen molar-refractivity contribution in [3.8, 4) is 0 Å². The zero-order valence-corrected chi connectivity index (χ0v) is 9.74. The van der Waals surface area contributed by atoms with Crippen LogP contribution in [0.1, 0.15) is 19.0 Å². The van der Waals surface area contributed by atoms with Gasteiger partial charge in [-0.3, -0.25) is 9.88 Å². The van der Waals surface area contributed by atoms with Gasteiger partial charge in [0.1, 0.15) is 0 Å². The van der Waals surface area contributed by atoms with Crippen LogP contribution in [-0.2, 0) is 6.54 Å². The van der Waals surface area contributed by atoms with Gasteiger partial charge in [0, 0.05) is 25.8 Å². The molecule has 15 heavy (non-hydrogen) atoms. The standard InChI is InChI=1S/C12H21N3/c1-3-7-13-9-10-15(2)11-12-6-4-5-8-14-12/h4-6,8,13H,3,7,9-11H2,1-2H3. The van der Waals surface area contributed by atoms with Crippen LogP contribution in [0.25, 0.3) is 0 Å². The fourth-order valence-electron chi connectivity index (χ4n) is 1.42. The summed E-state index contributed by atoms with van der Waals surface area (Å²) in [5.74, 6) is 0. The summed E-state index contributed by atoms with van der Waals surface area (Å²) in [7, 11) is 2.13. The largest absolute Gasteiger partial charge is 0.315 e. The van der Waals surface area contributed by atoms with E-state index in [-0.39, 0.29) is 0 Å². The summed E-state index contributed by atoms with van der Waals surface area (Å²) in [6, 6.07) is 6.05. The third kappa shape index (κ3) is 5.50. The molecule has 0 atom stereocenters. The maximum absolute atomic E-state index is 4.30. The van der Waals surface area contributed by atoms with Crippen LogP contribution >= 0.6 is 0 Å². The number of rotatable bonds is 7. The van der Waals surface area contributed by atoms with Gasteiger partial charge in [0.25, 0.3) is 0 Å². The van der Waals surface area contributed by atoms with Crippen LogP contribution in [0.5, 0.6) is 0 Å². The molecule has 0 unspecified atom stereocenters. The lowest BCUT2D eigenvalue weighted by Gasteiger charge is -2.16. The van der Waals surface area contributed by atoms with Gasteiger partial charge in [-0.2, -0.15) is 0 Å². The summed E-state index contributed by atoms with van der Waals surface area (Å²) in [6.07, 6.45) is 3.04. The van der Waals surface area contributed by atoms with Gasteiger partial charge in [0.2, 0.25) is 0 Å². The Hall–Kier alpha value is -0.930. The molecule has 1 aromatic heterocycles. The molecule has 1 N–H and O–H groups in total. The van der Waals surface area contributed by atoms with Gasteiger partial charge < -0.3 is 5.32 Å². The molecule has 0 aliphatic rings. The normalized spacial score (nSPS) is 10.9. The minimum Gasteiger partial charge on any atom is -0.315 e. The van der Waals surface area contributed by atoms with Crippen molar-refractivity contribution >= 4 is 0 Å². The predicted octanol–water partition coefficient (Wildman–Crippen LogP) is 1.51. The van der Waals surface area contributed by atoms with Gasteiger partial charge in [-0.25, -0.2) is 0 Å². The van der Waals surface area contributed by atoms with E-state index in [4.69, 9.17) is 0 Å². The van der Waals surface area contributed by atoms with Gasteiger partial charge >= 0.3 is 0 Å². The predicted molar refractivity (Wildman–Crippen MR) is 63.7 cm³/mol. The third-order valence-corrected chi connectivity index (χ3v) is 2.26. The second kappa shape index (κ2) is 7.37. The fourth-order valence-corrected chi connectivity index (χ4v) is 1.42. The van der Waals surface area contributed by atoms with E-state index in [1.807, 2.05) is 18.3 Å². The zero-order valence-electron chi connectivity index (χ0n) is 9.74. The molecule has 0 aliphatic heterocycles. The summed E-state index contributed by atoms with van der Waals surface area (Å²) in [6.45, 7) is 6.34. The molecule has 0 fully saturated rings. The molecule has 0 aromatic carbocycles. The zero-order chi connectivity index (χ0) is 10.9. The number of pyridine rings is 1. The van der Waals surface area contributed by atoms with Gasteiger partial charge in [-0.15, -0.1) is 0 Å². The second-order valence-electron chi connectivity index (χ2n) is 3.81. The van der Waals surface area contributed by atoms with Crippen LogP contribution in [0.4, 0.5) is 0 Å². The Morgan fingerprint density at radius 2 is 2.20 bits per heavy atom. The first kappa shape index (κ1) is 12.1. The van der Waals surface area contributed by atoms with Crippen LogP contribution in [0.2, 0.25) is 0 Å². The van der Waals surface area contributed by atoms with Gasteiger partial charge in [-0.05, 0) is 32.1 Å². The molecular formula is C12H21N3. The van der Waals surface area contributed by atoms with Crippen molar-refractivity contribution in [3.63, 3.8) is 0 Å². The molecular weight excluding hydrogens is 186 g/mol. The van der Waals surface area contributed by atoms with Crippen molar-refractivity contribution in [1.29, 1.82) is 0 Å². The van der Waals surface area contributed by atoms with E-state index in [0.29, 0.717) is 0 Å². The lowest BCUT2D eigenvalue weighted by molar-refractivity contribution is 0.321. The molecule has 1 aromatic rings. The topological polar surface area (TPSA) is 28.2 Å². The Labute approximate surface area is 92.5 Å². The molecule has 0 saturated heterocycles. The van der Waals surface area contributed by atoms with Crippen LogP contribution in [-0.4, -0.2) is 36.6 Å². The van der Waals surface area contributed by atoms with E-state index in [9.17, 15) is 0 Å². The summed E-state index contributed by atoms with van der Waals surface area (Å²) in [5, 5.41) is 3.39. The van der Waals surface area contributed by atoms with Crippen molar-refractivity contribution in [3.05, 3.63) is 30.1 Å². The van der Waals surface area contributed by atoms with Crippen LogP contribution in [0.15, 0.2) is 24.4 Å². The quantitative estimate of drug-likeness (QED) is 0.687. The first-order valence-electron chi connectivity index (χ1n) is 5.62. The summed E-state index contributed by atoms with van der Waals surface area (Å²) >= 11 is 0. The molecule has 1 rings (SSSR count). The van der Waals surface area contributed by atoms with Crippen molar-refractivity contribution in [2.45, 2.75) is 19.9 Å². The molecule has 0 saturated carbocycles. The Bertz CT molecular complexity index is 248. The highest BCUT2D eigenvalue weighted by Gasteiger charge is 1.99. The third-order valence-electron chi connectivity index (χ3n) is 2.26. The molecule has 3 heteroatoms. The van der Waals surface area contributed by atoms with Gasteiger partial charge in [0.15, 0.2) is 0 Å². The molecule has 0 spiro atoms. The van der Waals surface area contributed by atoms with Crippen molar-refractivity contribution in [1.82, 2.24) is 15.2 Å². The highest BCUT2D eigenvalue weighted by molar-refractivity contribution is 5.02. The average Bonchev–Trinajstić information content (AvgIpc) is 2.26. The second-order valence-corrected chi connectivity index (χ2v) is 3.81. The number of hydrogen-bond donors (Lipinski definition) is 1. The number of nitrogens with zero attached hydrogens (tertiary/aromatic N) is 2. The van der Waals surface area contributed by atoms with E-state index in [0.717, 1.165) is 31.9 Å². The number of hydrogen-bond acceptors (Lipinski definition) is 3. The van der Waals surface area contributed by atoms with E-state index < -0.39 is 0 Å². The molecule has 0 radical (unpaired) electrons. The van der Waals surface area contributed by atoms with Gasteiger partial charge in [-0.1, -0.05) is 13.0 Å². The highest BCUT2D eigenvalue weighted by atomic mass is 15.1. The summed E-state index contributed by atoms with van der Waals surface area (Å²) in [5.41, 5.74) is 1.13. The maximum atomic E-state index is 4.30. The van der Waals surface area contributed by atoms with E-state index in [1.165, 1.54) is 6.42 Å².